The van der Waals surface area contributed by atoms with Crippen LogP contribution in [0.2, 0.25) is 0 Å². The summed E-state index contributed by atoms with van der Waals surface area (Å²) in [5, 5.41) is 6.35. The average molecular weight is 240 g/mol. The molecule has 0 aliphatic heterocycles. The van der Waals surface area contributed by atoms with E-state index in [1.54, 1.807) is 0 Å². The Hall–Kier alpha value is -0.570. The number of hydrogen-bond donors (Lipinski definition) is 2. The Morgan fingerprint density at radius 1 is 1.29 bits per heavy atom. The summed E-state index contributed by atoms with van der Waals surface area (Å²) < 4.78 is 0. The van der Waals surface area contributed by atoms with Crippen LogP contribution >= 0.6 is 0 Å². The van der Waals surface area contributed by atoms with Crippen LogP contribution in [-0.4, -0.2) is 26.0 Å². The minimum atomic E-state index is 0.230. The van der Waals surface area contributed by atoms with Gasteiger partial charge >= 0.3 is 0 Å². The molecule has 0 aromatic heterocycles. The molecule has 1 rings (SSSR count). The number of rotatable bonds is 8. The Morgan fingerprint density at radius 3 is 2.47 bits per heavy atom. The molecular weight excluding hydrogens is 212 g/mol. The summed E-state index contributed by atoms with van der Waals surface area (Å²) in [5.74, 6) is 0.929. The van der Waals surface area contributed by atoms with Crippen molar-refractivity contribution in [1.29, 1.82) is 0 Å². The lowest BCUT2D eigenvalue weighted by Crippen LogP contribution is -2.47. The molecule has 1 aliphatic carbocycles. The zero-order chi connectivity index (χ0) is 12.7. The summed E-state index contributed by atoms with van der Waals surface area (Å²) in [6, 6.07) is 0. The van der Waals surface area contributed by atoms with Crippen molar-refractivity contribution in [2.24, 2.45) is 11.3 Å². The maximum atomic E-state index is 11.7. The minimum Gasteiger partial charge on any atom is -0.355 e. The van der Waals surface area contributed by atoms with Gasteiger partial charge in [-0.05, 0) is 32.2 Å². The smallest absolute Gasteiger partial charge is 0.220 e. The highest BCUT2D eigenvalue weighted by molar-refractivity contribution is 5.75. The first-order valence-electron chi connectivity index (χ1n) is 6.99. The van der Waals surface area contributed by atoms with Crippen LogP contribution in [0.15, 0.2) is 0 Å². The van der Waals surface area contributed by atoms with Gasteiger partial charge in [-0.2, -0.15) is 0 Å². The van der Waals surface area contributed by atoms with Crippen LogP contribution in [0.1, 0.15) is 52.4 Å². The molecule has 1 fully saturated rings. The maximum absolute atomic E-state index is 11.7. The molecule has 0 heterocycles. The fourth-order valence-corrected chi connectivity index (χ4v) is 2.51. The standard InChI is InChI=1S/C14H28N2O/c1-12(2)6-4-7-13(17)16-11-14(10-15-3)8-5-9-14/h12,15H,4-11H2,1-3H3,(H,16,17). The van der Waals surface area contributed by atoms with E-state index in [4.69, 9.17) is 0 Å². The van der Waals surface area contributed by atoms with Gasteiger partial charge in [-0.1, -0.05) is 26.7 Å². The molecule has 3 nitrogen and oxygen atoms in total. The van der Waals surface area contributed by atoms with Gasteiger partial charge in [-0.15, -0.1) is 0 Å². The van der Waals surface area contributed by atoms with Crippen molar-refractivity contribution in [1.82, 2.24) is 10.6 Å². The number of amides is 1. The summed E-state index contributed by atoms with van der Waals surface area (Å²) in [4.78, 5) is 11.7. The molecule has 100 valence electrons. The highest BCUT2D eigenvalue weighted by atomic mass is 16.1. The second-order valence-corrected chi connectivity index (χ2v) is 5.95. The van der Waals surface area contributed by atoms with E-state index in [0.717, 1.165) is 25.9 Å². The molecule has 2 N–H and O–H groups in total. The zero-order valence-corrected chi connectivity index (χ0v) is 11.6. The first-order chi connectivity index (χ1) is 8.08. The lowest BCUT2D eigenvalue weighted by atomic mass is 9.68. The van der Waals surface area contributed by atoms with Crippen LogP contribution in [0.3, 0.4) is 0 Å². The minimum absolute atomic E-state index is 0.230. The van der Waals surface area contributed by atoms with E-state index in [2.05, 4.69) is 24.5 Å². The summed E-state index contributed by atoms with van der Waals surface area (Å²) >= 11 is 0. The van der Waals surface area contributed by atoms with Crippen molar-refractivity contribution >= 4 is 5.91 Å². The Kier molecular flexibility index (Phi) is 5.96. The maximum Gasteiger partial charge on any atom is 0.220 e. The second-order valence-electron chi connectivity index (χ2n) is 5.95. The summed E-state index contributed by atoms with van der Waals surface area (Å²) in [6.07, 6.45) is 6.66. The molecular formula is C14H28N2O. The molecule has 0 aromatic rings. The van der Waals surface area contributed by atoms with Crippen molar-refractivity contribution < 1.29 is 4.79 Å². The molecule has 0 saturated heterocycles. The first-order valence-corrected chi connectivity index (χ1v) is 6.99. The van der Waals surface area contributed by atoms with Gasteiger partial charge in [0.2, 0.25) is 5.91 Å². The van der Waals surface area contributed by atoms with Crippen molar-refractivity contribution in [3.05, 3.63) is 0 Å². The van der Waals surface area contributed by atoms with E-state index in [1.807, 2.05) is 7.05 Å². The molecule has 0 unspecified atom stereocenters. The van der Waals surface area contributed by atoms with E-state index in [0.29, 0.717) is 17.8 Å². The van der Waals surface area contributed by atoms with Crippen molar-refractivity contribution in [3.8, 4) is 0 Å². The molecule has 17 heavy (non-hydrogen) atoms. The van der Waals surface area contributed by atoms with Gasteiger partial charge in [-0.25, -0.2) is 0 Å². The Morgan fingerprint density at radius 2 is 2.00 bits per heavy atom. The van der Waals surface area contributed by atoms with Crippen LogP contribution in [0, 0.1) is 11.3 Å². The quantitative estimate of drug-likeness (QED) is 0.683. The lowest BCUT2D eigenvalue weighted by molar-refractivity contribution is -0.122. The molecule has 0 spiro atoms. The van der Waals surface area contributed by atoms with Crippen LogP contribution < -0.4 is 10.6 Å². The van der Waals surface area contributed by atoms with Gasteiger partial charge in [0, 0.05) is 24.9 Å². The van der Waals surface area contributed by atoms with E-state index in [-0.39, 0.29) is 5.91 Å². The Balaban J connectivity index is 2.14. The largest absolute Gasteiger partial charge is 0.355 e. The van der Waals surface area contributed by atoms with Gasteiger partial charge in [0.25, 0.3) is 0 Å². The first kappa shape index (κ1) is 14.5. The zero-order valence-electron chi connectivity index (χ0n) is 11.6. The molecule has 0 bridgehead atoms. The highest BCUT2D eigenvalue weighted by Crippen LogP contribution is 2.39. The van der Waals surface area contributed by atoms with Gasteiger partial charge in [-0.3, -0.25) is 4.79 Å². The highest BCUT2D eigenvalue weighted by Gasteiger charge is 2.36. The van der Waals surface area contributed by atoms with Crippen LogP contribution in [-0.2, 0) is 4.79 Å². The third kappa shape index (κ3) is 5.07. The topological polar surface area (TPSA) is 41.1 Å². The normalized spacial score (nSPS) is 17.9. The van der Waals surface area contributed by atoms with Crippen LogP contribution in [0.4, 0.5) is 0 Å². The van der Waals surface area contributed by atoms with E-state index in [9.17, 15) is 4.79 Å². The summed E-state index contributed by atoms with van der Waals surface area (Å²) in [5.41, 5.74) is 0.350. The molecule has 3 heteroatoms. The fourth-order valence-electron chi connectivity index (χ4n) is 2.51. The monoisotopic (exact) mass is 240 g/mol. The third-order valence-corrected chi connectivity index (χ3v) is 3.81. The third-order valence-electron chi connectivity index (χ3n) is 3.81. The molecule has 0 atom stereocenters. The number of hydrogen-bond acceptors (Lipinski definition) is 2. The fraction of sp³-hybridized carbons (Fsp3) is 0.929. The van der Waals surface area contributed by atoms with Crippen molar-refractivity contribution in [2.75, 3.05) is 20.1 Å². The molecule has 1 aliphatic rings. The van der Waals surface area contributed by atoms with Crippen molar-refractivity contribution in [2.45, 2.75) is 52.4 Å². The SMILES string of the molecule is CNCC1(CNC(=O)CCCC(C)C)CCC1. The van der Waals surface area contributed by atoms with Crippen LogP contribution in [0.25, 0.3) is 0 Å². The van der Waals surface area contributed by atoms with Crippen molar-refractivity contribution in [3.63, 3.8) is 0 Å². The number of nitrogens with one attached hydrogen (secondary N) is 2. The second kappa shape index (κ2) is 7.00. The Labute approximate surface area is 106 Å². The lowest BCUT2D eigenvalue weighted by Gasteiger charge is -2.42. The van der Waals surface area contributed by atoms with E-state index in [1.165, 1.54) is 19.3 Å². The number of carbonyl (C=O) groups excluding carboxylic acids is 1. The predicted octanol–water partition coefficient (Wildman–Crippen LogP) is 2.32. The Bertz CT molecular complexity index is 234. The molecule has 0 aromatic carbocycles. The summed E-state index contributed by atoms with van der Waals surface area (Å²) in [6.45, 7) is 6.29. The molecule has 0 radical (unpaired) electrons. The van der Waals surface area contributed by atoms with Crippen LogP contribution in [0.5, 0.6) is 0 Å². The van der Waals surface area contributed by atoms with E-state index >= 15 is 0 Å². The van der Waals surface area contributed by atoms with Gasteiger partial charge in [0.15, 0.2) is 0 Å². The van der Waals surface area contributed by atoms with Gasteiger partial charge in [0.05, 0.1) is 0 Å². The van der Waals surface area contributed by atoms with Gasteiger partial charge < -0.3 is 10.6 Å². The number of carbonyl (C=O) groups is 1. The predicted molar refractivity (Wildman–Crippen MR) is 71.9 cm³/mol. The summed E-state index contributed by atoms with van der Waals surface area (Å²) in [7, 11) is 1.99. The average Bonchev–Trinajstić information content (AvgIpc) is 2.21. The molecule has 1 amide bonds. The van der Waals surface area contributed by atoms with E-state index < -0.39 is 0 Å². The van der Waals surface area contributed by atoms with Gasteiger partial charge in [0.1, 0.15) is 0 Å². The molecule has 1 saturated carbocycles.